The number of likely N-dealkylation sites (tertiary alicyclic amines) is 1. The molecule has 1 unspecified atom stereocenters. The minimum absolute atomic E-state index is 0.0545. The summed E-state index contributed by atoms with van der Waals surface area (Å²) >= 11 is 1.15. The SMILES string of the molecule is Cc1cnc(SCC(=O)O)n1C(C)C(=O)N1CCCCC1. The van der Waals surface area contributed by atoms with E-state index in [-0.39, 0.29) is 17.7 Å². The molecule has 1 saturated heterocycles. The number of aromatic nitrogens is 2. The van der Waals surface area contributed by atoms with Crippen LogP contribution in [0.1, 0.15) is 37.9 Å². The number of nitrogens with zero attached hydrogens (tertiary/aromatic N) is 3. The molecule has 1 aliphatic rings. The van der Waals surface area contributed by atoms with Crippen molar-refractivity contribution in [3.63, 3.8) is 0 Å². The minimum Gasteiger partial charge on any atom is -0.481 e. The van der Waals surface area contributed by atoms with E-state index in [1.54, 1.807) is 6.20 Å². The molecule has 1 N–H and O–H groups in total. The normalized spacial score (nSPS) is 16.8. The molecule has 7 heteroatoms. The Morgan fingerprint density at radius 3 is 2.67 bits per heavy atom. The highest BCUT2D eigenvalue weighted by molar-refractivity contribution is 7.99. The van der Waals surface area contributed by atoms with Crippen LogP contribution in [0.2, 0.25) is 0 Å². The average molecular weight is 311 g/mol. The Morgan fingerprint density at radius 1 is 1.38 bits per heavy atom. The van der Waals surface area contributed by atoms with Gasteiger partial charge in [-0.05, 0) is 33.1 Å². The number of aliphatic carboxylic acids is 1. The van der Waals surface area contributed by atoms with Crippen molar-refractivity contribution >= 4 is 23.6 Å². The van der Waals surface area contributed by atoms with Gasteiger partial charge in [-0.3, -0.25) is 9.59 Å². The lowest BCUT2D eigenvalue weighted by atomic mass is 10.1. The lowest BCUT2D eigenvalue weighted by Crippen LogP contribution is -2.40. The van der Waals surface area contributed by atoms with Crippen molar-refractivity contribution in [2.75, 3.05) is 18.8 Å². The Morgan fingerprint density at radius 2 is 2.05 bits per heavy atom. The van der Waals surface area contributed by atoms with Gasteiger partial charge in [-0.2, -0.15) is 0 Å². The summed E-state index contributed by atoms with van der Waals surface area (Å²) in [6.45, 7) is 5.37. The summed E-state index contributed by atoms with van der Waals surface area (Å²) in [7, 11) is 0. The molecule has 0 saturated carbocycles. The predicted molar refractivity (Wildman–Crippen MR) is 80.5 cm³/mol. The summed E-state index contributed by atoms with van der Waals surface area (Å²) < 4.78 is 1.84. The van der Waals surface area contributed by atoms with Crippen LogP contribution in [0.4, 0.5) is 0 Å². The van der Waals surface area contributed by atoms with Crippen LogP contribution in [0.25, 0.3) is 0 Å². The zero-order chi connectivity index (χ0) is 15.4. The second kappa shape index (κ2) is 6.98. The number of carbonyl (C=O) groups is 2. The molecule has 1 aromatic rings. The molecule has 6 nitrogen and oxygen atoms in total. The third-order valence-corrected chi connectivity index (χ3v) is 4.64. The van der Waals surface area contributed by atoms with Gasteiger partial charge in [0.15, 0.2) is 5.16 Å². The molecular weight excluding hydrogens is 290 g/mol. The molecule has 1 atom stereocenters. The van der Waals surface area contributed by atoms with E-state index in [9.17, 15) is 9.59 Å². The monoisotopic (exact) mass is 311 g/mol. The maximum absolute atomic E-state index is 12.6. The highest BCUT2D eigenvalue weighted by Gasteiger charge is 2.26. The number of thioether (sulfide) groups is 1. The van der Waals surface area contributed by atoms with Gasteiger partial charge in [0.25, 0.3) is 0 Å². The van der Waals surface area contributed by atoms with Gasteiger partial charge in [0, 0.05) is 25.0 Å². The maximum atomic E-state index is 12.6. The van der Waals surface area contributed by atoms with Crippen LogP contribution in [0.5, 0.6) is 0 Å². The molecule has 0 spiro atoms. The van der Waals surface area contributed by atoms with E-state index in [2.05, 4.69) is 4.98 Å². The molecule has 0 radical (unpaired) electrons. The summed E-state index contributed by atoms with van der Waals surface area (Å²) in [5.41, 5.74) is 0.876. The number of carbonyl (C=O) groups excluding carboxylic acids is 1. The number of aryl methyl sites for hydroxylation is 1. The number of hydrogen-bond acceptors (Lipinski definition) is 4. The average Bonchev–Trinajstić information content (AvgIpc) is 2.85. The largest absolute Gasteiger partial charge is 0.481 e. The molecule has 0 aromatic carbocycles. The summed E-state index contributed by atoms with van der Waals surface area (Å²) in [5, 5.41) is 9.38. The van der Waals surface area contributed by atoms with E-state index >= 15 is 0 Å². The van der Waals surface area contributed by atoms with E-state index in [1.807, 2.05) is 23.3 Å². The Balaban J connectivity index is 2.13. The second-order valence-electron chi connectivity index (χ2n) is 5.30. The van der Waals surface area contributed by atoms with Crippen LogP contribution in [-0.2, 0) is 9.59 Å². The van der Waals surface area contributed by atoms with Crippen molar-refractivity contribution < 1.29 is 14.7 Å². The number of rotatable bonds is 5. The van der Waals surface area contributed by atoms with Crippen LogP contribution in [-0.4, -0.2) is 50.3 Å². The highest BCUT2D eigenvalue weighted by atomic mass is 32.2. The number of amides is 1. The molecule has 116 valence electrons. The summed E-state index contributed by atoms with van der Waals surface area (Å²) in [6.07, 6.45) is 4.98. The van der Waals surface area contributed by atoms with Crippen LogP contribution >= 0.6 is 11.8 Å². The van der Waals surface area contributed by atoms with E-state index in [0.29, 0.717) is 5.16 Å². The predicted octanol–water partition coefficient (Wildman–Crippen LogP) is 1.94. The highest BCUT2D eigenvalue weighted by Crippen LogP contribution is 2.25. The summed E-state index contributed by atoms with van der Waals surface area (Å²) in [5.74, 6) is -0.851. The van der Waals surface area contributed by atoms with Crippen molar-refractivity contribution in [1.29, 1.82) is 0 Å². The third-order valence-electron chi connectivity index (χ3n) is 3.69. The van der Waals surface area contributed by atoms with E-state index < -0.39 is 5.97 Å². The Kier molecular flexibility index (Phi) is 5.27. The number of piperidine rings is 1. The van der Waals surface area contributed by atoms with E-state index in [1.165, 1.54) is 6.42 Å². The molecule has 2 rings (SSSR count). The Bertz CT molecular complexity index is 524. The van der Waals surface area contributed by atoms with Crippen LogP contribution in [0.3, 0.4) is 0 Å². The smallest absolute Gasteiger partial charge is 0.313 e. The zero-order valence-corrected chi connectivity index (χ0v) is 13.2. The first-order valence-corrected chi connectivity index (χ1v) is 8.16. The number of carboxylic acids is 1. The van der Waals surface area contributed by atoms with Crippen LogP contribution in [0, 0.1) is 6.92 Å². The third kappa shape index (κ3) is 3.78. The van der Waals surface area contributed by atoms with Crippen molar-refractivity contribution in [2.24, 2.45) is 0 Å². The van der Waals surface area contributed by atoms with Crippen molar-refractivity contribution in [3.05, 3.63) is 11.9 Å². The van der Waals surface area contributed by atoms with Gasteiger partial charge >= 0.3 is 5.97 Å². The molecule has 0 bridgehead atoms. The molecule has 1 amide bonds. The fraction of sp³-hybridized carbons (Fsp3) is 0.643. The van der Waals surface area contributed by atoms with Crippen molar-refractivity contribution in [1.82, 2.24) is 14.5 Å². The number of carboxylic acid groups (broad SMARTS) is 1. The molecule has 0 aliphatic carbocycles. The first kappa shape index (κ1) is 15.9. The van der Waals surface area contributed by atoms with Crippen LogP contribution in [0.15, 0.2) is 11.4 Å². The van der Waals surface area contributed by atoms with Gasteiger partial charge in [-0.1, -0.05) is 11.8 Å². The lowest BCUT2D eigenvalue weighted by Gasteiger charge is -2.30. The van der Waals surface area contributed by atoms with Crippen LogP contribution < -0.4 is 0 Å². The Labute approximate surface area is 128 Å². The molecule has 21 heavy (non-hydrogen) atoms. The Hall–Kier alpha value is -1.50. The number of imidazole rings is 1. The standard InChI is InChI=1S/C14H21N3O3S/c1-10-8-15-14(21-9-12(18)19)17(10)11(2)13(20)16-6-4-3-5-7-16/h8,11H,3-7,9H2,1-2H3,(H,18,19). The molecule has 1 aliphatic heterocycles. The number of hydrogen-bond donors (Lipinski definition) is 1. The topological polar surface area (TPSA) is 75.4 Å². The maximum Gasteiger partial charge on any atom is 0.313 e. The lowest BCUT2D eigenvalue weighted by molar-refractivity contribution is -0.135. The minimum atomic E-state index is -0.887. The zero-order valence-electron chi connectivity index (χ0n) is 12.4. The van der Waals surface area contributed by atoms with E-state index in [4.69, 9.17) is 5.11 Å². The van der Waals surface area contributed by atoms with Gasteiger partial charge in [-0.25, -0.2) is 4.98 Å². The van der Waals surface area contributed by atoms with Crippen molar-refractivity contribution in [3.8, 4) is 0 Å². The van der Waals surface area contributed by atoms with Gasteiger partial charge in [0.2, 0.25) is 5.91 Å². The summed E-state index contributed by atoms with van der Waals surface area (Å²) in [6, 6.07) is -0.345. The van der Waals surface area contributed by atoms with Gasteiger partial charge in [0.1, 0.15) is 6.04 Å². The van der Waals surface area contributed by atoms with Gasteiger partial charge < -0.3 is 14.6 Å². The fourth-order valence-corrected chi connectivity index (χ4v) is 3.44. The first-order valence-electron chi connectivity index (χ1n) is 7.18. The molecule has 1 aromatic heterocycles. The summed E-state index contributed by atoms with van der Waals surface area (Å²) in [4.78, 5) is 29.4. The van der Waals surface area contributed by atoms with Crippen molar-refractivity contribution in [2.45, 2.75) is 44.3 Å². The quantitative estimate of drug-likeness (QED) is 0.841. The first-order chi connectivity index (χ1) is 10.0. The molecular formula is C14H21N3O3S. The molecule has 1 fully saturated rings. The second-order valence-corrected chi connectivity index (χ2v) is 6.24. The van der Waals surface area contributed by atoms with Gasteiger partial charge in [-0.15, -0.1) is 0 Å². The van der Waals surface area contributed by atoms with E-state index in [0.717, 1.165) is 43.4 Å². The molecule has 2 heterocycles. The van der Waals surface area contributed by atoms with Gasteiger partial charge in [0.05, 0.1) is 5.75 Å². The fourth-order valence-electron chi connectivity index (χ4n) is 2.62.